The van der Waals surface area contributed by atoms with Crippen LogP contribution in [0.5, 0.6) is 5.75 Å². The van der Waals surface area contributed by atoms with Crippen LogP contribution >= 0.6 is 0 Å². The third-order valence-electron chi connectivity index (χ3n) is 6.41. The highest BCUT2D eigenvalue weighted by molar-refractivity contribution is 5.86. The molecular weight excluding hydrogens is 398 g/mol. The molecule has 0 amide bonds. The number of benzene rings is 3. The number of methoxy groups -OCH3 is 2. The van der Waals surface area contributed by atoms with Gasteiger partial charge in [-0.25, -0.2) is 4.79 Å². The number of esters is 1. The quantitative estimate of drug-likeness (QED) is 0.397. The molecule has 3 aromatic carbocycles. The first-order chi connectivity index (χ1) is 15.5. The zero-order chi connectivity index (χ0) is 22.7. The van der Waals surface area contributed by atoms with Crippen LogP contribution in [0, 0.1) is 6.92 Å². The van der Waals surface area contributed by atoms with Crippen molar-refractivity contribution in [2.24, 2.45) is 0 Å². The first-order valence-electron chi connectivity index (χ1n) is 10.8. The zero-order valence-corrected chi connectivity index (χ0v) is 19.1. The molecule has 1 aliphatic rings. The summed E-state index contributed by atoms with van der Waals surface area (Å²) >= 11 is 0. The lowest BCUT2D eigenvalue weighted by Crippen LogP contribution is -2.49. The van der Waals surface area contributed by atoms with Crippen molar-refractivity contribution in [2.75, 3.05) is 25.7 Å². The standard InChI is InChI=1S/C28H29NO3/c1-20-5-12-24(13-6-20)29-18-17-22-19-25(31-3)14-15-26(22)28(29,2)23-10-7-21(8-11-23)9-16-27(30)32-4/h5-16,19H,17-18H2,1-4H3. The molecule has 3 aromatic rings. The van der Waals surface area contributed by atoms with E-state index >= 15 is 0 Å². The van der Waals surface area contributed by atoms with Gasteiger partial charge in [-0.3, -0.25) is 0 Å². The third kappa shape index (κ3) is 4.01. The van der Waals surface area contributed by atoms with Crippen molar-refractivity contribution < 1.29 is 14.3 Å². The summed E-state index contributed by atoms with van der Waals surface area (Å²) in [6.45, 7) is 5.31. The van der Waals surface area contributed by atoms with Gasteiger partial charge in [0.1, 0.15) is 5.75 Å². The van der Waals surface area contributed by atoms with E-state index in [9.17, 15) is 4.79 Å². The summed E-state index contributed by atoms with van der Waals surface area (Å²) < 4.78 is 10.2. The molecule has 0 aromatic heterocycles. The fourth-order valence-electron chi connectivity index (χ4n) is 4.55. The molecule has 1 unspecified atom stereocenters. The number of ether oxygens (including phenoxy) is 2. The SMILES string of the molecule is COC(=O)C=Cc1ccc(C2(C)c3ccc(OC)cc3CCN2c2ccc(C)cc2)cc1. The lowest BCUT2D eigenvalue weighted by atomic mass is 9.76. The molecule has 0 saturated heterocycles. The summed E-state index contributed by atoms with van der Waals surface area (Å²) in [5.74, 6) is 0.528. The van der Waals surface area contributed by atoms with Gasteiger partial charge in [0.15, 0.2) is 0 Å². The molecule has 4 nitrogen and oxygen atoms in total. The number of fused-ring (bicyclic) bond motifs is 1. The minimum absolute atomic E-state index is 0.348. The molecule has 0 bridgehead atoms. The average molecular weight is 428 g/mol. The summed E-state index contributed by atoms with van der Waals surface area (Å²) in [7, 11) is 3.09. The molecular formula is C28H29NO3. The highest BCUT2D eigenvalue weighted by Gasteiger charge is 2.40. The highest BCUT2D eigenvalue weighted by Crippen LogP contribution is 2.44. The Morgan fingerprint density at radius 3 is 2.38 bits per heavy atom. The van der Waals surface area contributed by atoms with E-state index in [0.29, 0.717) is 0 Å². The fourth-order valence-corrected chi connectivity index (χ4v) is 4.55. The van der Waals surface area contributed by atoms with E-state index in [1.54, 1.807) is 13.2 Å². The fraction of sp³-hybridized carbons (Fsp3) is 0.250. The Labute approximate surface area is 190 Å². The van der Waals surface area contributed by atoms with Crippen molar-refractivity contribution in [1.29, 1.82) is 0 Å². The molecule has 0 radical (unpaired) electrons. The van der Waals surface area contributed by atoms with Gasteiger partial charge in [0, 0.05) is 18.3 Å². The summed E-state index contributed by atoms with van der Waals surface area (Å²) in [6, 6.07) is 23.5. The smallest absolute Gasteiger partial charge is 0.330 e. The van der Waals surface area contributed by atoms with Crippen LogP contribution in [0.2, 0.25) is 0 Å². The Bertz CT molecular complexity index is 1130. The Morgan fingerprint density at radius 2 is 1.72 bits per heavy atom. The minimum atomic E-state index is -0.360. The number of carbonyl (C=O) groups is 1. The number of hydrogen-bond acceptors (Lipinski definition) is 4. The van der Waals surface area contributed by atoms with Crippen molar-refractivity contribution in [3.8, 4) is 5.75 Å². The van der Waals surface area contributed by atoms with Crippen LogP contribution in [-0.4, -0.2) is 26.7 Å². The summed E-state index contributed by atoms with van der Waals surface area (Å²) in [5.41, 5.74) is 6.84. The maximum Gasteiger partial charge on any atom is 0.330 e. The maximum absolute atomic E-state index is 11.4. The Morgan fingerprint density at radius 1 is 1.00 bits per heavy atom. The van der Waals surface area contributed by atoms with Crippen molar-refractivity contribution in [2.45, 2.75) is 25.8 Å². The van der Waals surface area contributed by atoms with Gasteiger partial charge >= 0.3 is 5.97 Å². The van der Waals surface area contributed by atoms with Crippen LogP contribution in [-0.2, 0) is 21.5 Å². The second-order valence-electron chi connectivity index (χ2n) is 8.31. The molecule has 32 heavy (non-hydrogen) atoms. The predicted octanol–water partition coefficient (Wildman–Crippen LogP) is 5.52. The monoisotopic (exact) mass is 427 g/mol. The van der Waals surface area contributed by atoms with E-state index in [1.165, 1.54) is 41.1 Å². The third-order valence-corrected chi connectivity index (χ3v) is 6.41. The van der Waals surface area contributed by atoms with E-state index in [2.05, 4.69) is 67.3 Å². The predicted molar refractivity (Wildman–Crippen MR) is 129 cm³/mol. The minimum Gasteiger partial charge on any atom is -0.497 e. The lowest BCUT2D eigenvalue weighted by Gasteiger charge is -2.48. The summed E-state index contributed by atoms with van der Waals surface area (Å²) in [6.07, 6.45) is 4.17. The summed E-state index contributed by atoms with van der Waals surface area (Å²) in [4.78, 5) is 13.9. The van der Waals surface area contributed by atoms with E-state index in [0.717, 1.165) is 24.3 Å². The van der Waals surface area contributed by atoms with Crippen LogP contribution in [0.3, 0.4) is 0 Å². The van der Waals surface area contributed by atoms with E-state index in [4.69, 9.17) is 9.47 Å². The van der Waals surface area contributed by atoms with Crippen molar-refractivity contribution >= 4 is 17.7 Å². The van der Waals surface area contributed by atoms with Crippen LogP contribution in [0.4, 0.5) is 5.69 Å². The van der Waals surface area contributed by atoms with Gasteiger partial charge in [-0.05, 0) is 72.9 Å². The number of aryl methyl sites for hydroxylation is 1. The van der Waals surface area contributed by atoms with Crippen LogP contribution in [0.15, 0.2) is 72.8 Å². The van der Waals surface area contributed by atoms with Crippen LogP contribution < -0.4 is 9.64 Å². The molecule has 4 rings (SSSR count). The van der Waals surface area contributed by atoms with Crippen LogP contribution in [0.25, 0.3) is 6.08 Å². The Hall–Kier alpha value is -3.53. The van der Waals surface area contributed by atoms with Crippen molar-refractivity contribution in [1.82, 2.24) is 0 Å². The topological polar surface area (TPSA) is 38.8 Å². The largest absolute Gasteiger partial charge is 0.497 e. The number of carbonyl (C=O) groups excluding carboxylic acids is 1. The molecule has 0 aliphatic carbocycles. The van der Waals surface area contributed by atoms with Gasteiger partial charge in [0.05, 0.1) is 19.8 Å². The van der Waals surface area contributed by atoms with Gasteiger partial charge < -0.3 is 14.4 Å². The van der Waals surface area contributed by atoms with Crippen molar-refractivity contribution in [3.63, 3.8) is 0 Å². The van der Waals surface area contributed by atoms with Gasteiger partial charge in [0.25, 0.3) is 0 Å². The second kappa shape index (κ2) is 8.91. The number of nitrogens with zero attached hydrogens (tertiary/aromatic N) is 1. The molecule has 4 heteroatoms. The average Bonchev–Trinajstić information content (AvgIpc) is 2.83. The normalized spacial score (nSPS) is 17.8. The molecule has 1 aliphatic heterocycles. The van der Waals surface area contributed by atoms with Crippen molar-refractivity contribution in [3.05, 3.63) is 101 Å². The number of anilines is 1. The Kier molecular flexibility index (Phi) is 6.04. The van der Waals surface area contributed by atoms with E-state index < -0.39 is 0 Å². The molecule has 0 fully saturated rings. The van der Waals surface area contributed by atoms with Crippen LogP contribution in [0.1, 0.15) is 34.7 Å². The Balaban J connectivity index is 1.80. The molecule has 1 atom stereocenters. The number of hydrogen-bond donors (Lipinski definition) is 0. The lowest BCUT2D eigenvalue weighted by molar-refractivity contribution is -0.134. The second-order valence-corrected chi connectivity index (χ2v) is 8.31. The van der Waals surface area contributed by atoms with Gasteiger partial charge in [-0.15, -0.1) is 0 Å². The summed E-state index contributed by atoms with van der Waals surface area (Å²) in [5, 5.41) is 0. The first-order valence-corrected chi connectivity index (χ1v) is 10.8. The molecule has 1 heterocycles. The first kappa shape index (κ1) is 21.7. The molecule has 164 valence electrons. The van der Waals surface area contributed by atoms with Gasteiger partial charge in [0.2, 0.25) is 0 Å². The van der Waals surface area contributed by atoms with Gasteiger partial charge in [-0.1, -0.05) is 48.0 Å². The zero-order valence-electron chi connectivity index (χ0n) is 19.1. The van der Waals surface area contributed by atoms with E-state index in [-0.39, 0.29) is 11.5 Å². The maximum atomic E-state index is 11.4. The van der Waals surface area contributed by atoms with Gasteiger partial charge in [-0.2, -0.15) is 0 Å². The molecule has 0 N–H and O–H groups in total. The molecule has 0 saturated carbocycles. The molecule has 0 spiro atoms. The van der Waals surface area contributed by atoms with E-state index in [1.807, 2.05) is 18.2 Å². The number of rotatable bonds is 5. The highest BCUT2D eigenvalue weighted by atomic mass is 16.5.